The molecule has 0 aliphatic rings. The van der Waals surface area contributed by atoms with Gasteiger partial charge in [0, 0.05) is 0 Å². The Morgan fingerprint density at radius 3 is 2.77 bits per heavy atom. The second kappa shape index (κ2) is 2.85. The third kappa shape index (κ3) is 1.12. The second-order valence-corrected chi connectivity index (χ2v) is 2.99. The number of nitrogens with zero attached hydrogens (tertiary/aromatic N) is 1. The summed E-state index contributed by atoms with van der Waals surface area (Å²) in [6, 6.07) is 5.72. The minimum atomic E-state index is -0.391. The number of hydrogen-bond acceptors (Lipinski definition) is 1. The first kappa shape index (κ1) is 8.26. The molecule has 2 aromatic rings. The van der Waals surface area contributed by atoms with Crippen LogP contribution in [-0.4, -0.2) is 10.7 Å². The van der Waals surface area contributed by atoms with Gasteiger partial charge >= 0.3 is 0 Å². The van der Waals surface area contributed by atoms with E-state index in [1.54, 1.807) is 6.07 Å². The highest BCUT2D eigenvalue weighted by Crippen LogP contribution is 2.19. The summed E-state index contributed by atoms with van der Waals surface area (Å²) in [7, 11) is 0. The van der Waals surface area contributed by atoms with Gasteiger partial charge in [-0.2, -0.15) is 0 Å². The Hall–Kier alpha value is -1.35. The van der Waals surface area contributed by atoms with E-state index in [-0.39, 0.29) is 0 Å². The Kier molecular flexibility index (Phi) is 1.81. The maximum atomic E-state index is 13.1. The lowest BCUT2D eigenvalue weighted by Crippen LogP contribution is -1.96. The Balaban J connectivity index is 2.96. The van der Waals surface area contributed by atoms with Crippen LogP contribution in [0.2, 0.25) is 5.15 Å². The van der Waals surface area contributed by atoms with E-state index in [9.17, 15) is 9.18 Å². The molecule has 0 saturated carbocycles. The van der Waals surface area contributed by atoms with E-state index in [4.69, 9.17) is 11.6 Å². The number of halogens is 2. The summed E-state index contributed by atoms with van der Waals surface area (Å²) in [6.45, 7) is 0. The largest absolute Gasteiger partial charge is 0.296 e. The summed E-state index contributed by atoms with van der Waals surface area (Å²) in [5.74, 6) is -0.391. The molecule has 0 aliphatic carbocycles. The van der Waals surface area contributed by atoms with Crippen molar-refractivity contribution in [1.82, 2.24) is 4.40 Å². The van der Waals surface area contributed by atoms with Crippen molar-refractivity contribution in [3.8, 4) is 0 Å². The third-order valence-corrected chi connectivity index (χ3v) is 2.15. The number of rotatable bonds is 1. The first-order valence-corrected chi connectivity index (χ1v) is 4.02. The van der Waals surface area contributed by atoms with Gasteiger partial charge in [-0.3, -0.25) is 9.20 Å². The van der Waals surface area contributed by atoms with Crippen LogP contribution in [0.3, 0.4) is 0 Å². The van der Waals surface area contributed by atoms with Crippen molar-refractivity contribution in [2.75, 3.05) is 0 Å². The van der Waals surface area contributed by atoms with Crippen LogP contribution in [0.25, 0.3) is 5.52 Å². The molecule has 2 nitrogen and oxygen atoms in total. The quantitative estimate of drug-likeness (QED) is 0.644. The van der Waals surface area contributed by atoms with Crippen LogP contribution in [0.1, 0.15) is 10.5 Å². The molecule has 13 heavy (non-hydrogen) atoms. The number of carbonyl (C=O) groups is 1. The number of carbonyl (C=O) groups excluding carboxylic acids is 1. The van der Waals surface area contributed by atoms with Gasteiger partial charge in [0.05, 0.1) is 11.2 Å². The van der Waals surface area contributed by atoms with Gasteiger partial charge in [-0.15, -0.1) is 0 Å². The summed E-state index contributed by atoms with van der Waals surface area (Å²) in [4.78, 5) is 10.6. The van der Waals surface area contributed by atoms with E-state index in [1.807, 2.05) is 0 Å². The van der Waals surface area contributed by atoms with Gasteiger partial charge in [-0.05, 0) is 24.3 Å². The molecule has 0 unspecified atom stereocenters. The Bertz CT molecular complexity index is 478. The van der Waals surface area contributed by atoms with Crippen LogP contribution >= 0.6 is 11.6 Å². The highest BCUT2D eigenvalue weighted by molar-refractivity contribution is 6.30. The van der Waals surface area contributed by atoms with Crippen molar-refractivity contribution in [1.29, 1.82) is 0 Å². The van der Waals surface area contributed by atoms with Crippen LogP contribution < -0.4 is 0 Å². The van der Waals surface area contributed by atoms with E-state index < -0.39 is 5.82 Å². The maximum Gasteiger partial charge on any atom is 0.166 e. The fourth-order valence-corrected chi connectivity index (χ4v) is 1.52. The fourth-order valence-electron chi connectivity index (χ4n) is 1.27. The normalized spacial score (nSPS) is 10.6. The van der Waals surface area contributed by atoms with E-state index >= 15 is 0 Å². The summed E-state index contributed by atoms with van der Waals surface area (Å²) >= 11 is 5.77. The van der Waals surface area contributed by atoms with Gasteiger partial charge < -0.3 is 0 Å². The van der Waals surface area contributed by atoms with Gasteiger partial charge in [0.25, 0.3) is 0 Å². The average molecular weight is 198 g/mol. The number of hydrogen-bond donors (Lipinski definition) is 0. The second-order valence-electron chi connectivity index (χ2n) is 2.60. The van der Waals surface area contributed by atoms with E-state index in [0.717, 1.165) is 0 Å². The molecule has 0 aliphatic heterocycles. The van der Waals surface area contributed by atoms with Gasteiger partial charge in [-0.25, -0.2) is 4.39 Å². The fraction of sp³-hybridized carbons (Fsp3) is 0. The lowest BCUT2D eigenvalue weighted by molar-refractivity contribution is 0.111. The molecule has 0 aromatic carbocycles. The number of aldehydes is 1. The molecule has 0 fully saturated rings. The van der Waals surface area contributed by atoms with Gasteiger partial charge in [-0.1, -0.05) is 11.6 Å². The maximum absolute atomic E-state index is 13.1. The Morgan fingerprint density at radius 2 is 2.08 bits per heavy atom. The Morgan fingerprint density at radius 1 is 1.31 bits per heavy atom. The molecule has 0 N–H and O–H groups in total. The van der Waals surface area contributed by atoms with Crippen molar-refractivity contribution < 1.29 is 9.18 Å². The molecule has 2 aromatic heterocycles. The summed E-state index contributed by atoms with van der Waals surface area (Å²) in [6.07, 6.45) is 0.637. The molecule has 0 atom stereocenters. The SMILES string of the molecule is O=Cc1ccc(F)c2ccc(Cl)n12. The molecule has 0 radical (unpaired) electrons. The molecule has 66 valence electrons. The van der Waals surface area contributed by atoms with E-state index in [0.29, 0.717) is 22.6 Å². The van der Waals surface area contributed by atoms with Crippen molar-refractivity contribution in [2.24, 2.45) is 0 Å². The smallest absolute Gasteiger partial charge is 0.166 e. The van der Waals surface area contributed by atoms with Gasteiger partial charge in [0.1, 0.15) is 11.0 Å². The van der Waals surface area contributed by atoms with Crippen LogP contribution in [0.4, 0.5) is 4.39 Å². The monoisotopic (exact) mass is 197 g/mol. The standard InChI is InChI=1S/C9H5ClFNO/c10-9-4-3-8-7(11)2-1-6(5-13)12(8)9/h1-5H. The molecular formula is C9H5ClFNO. The predicted molar refractivity (Wildman–Crippen MR) is 47.8 cm³/mol. The highest BCUT2D eigenvalue weighted by Gasteiger charge is 2.07. The molecule has 2 heterocycles. The van der Waals surface area contributed by atoms with E-state index in [1.165, 1.54) is 22.6 Å². The van der Waals surface area contributed by atoms with Crippen LogP contribution in [0, 0.1) is 5.82 Å². The van der Waals surface area contributed by atoms with Crippen molar-refractivity contribution in [2.45, 2.75) is 0 Å². The Labute approximate surface area is 78.5 Å². The number of aromatic nitrogens is 1. The van der Waals surface area contributed by atoms with Gasteiger partial charge in [0.15, 0.2) is 6.29 Å². The summed E-state index contributed by atoms with van der Waals surface area (Å²) < 4.78 is 14.5. The summed E-state index contributed by atoms with van der Waals surface area (Å²) in [5.41, 5.74) is 0.654. The van der Waals surface area contributed by atoms with Crippen LogP contribution in [0.15, 0.2) is 24.3 Å². The molecule has 4 heteroatoms. The van der Waals surface area contributed by atoms with Crippen molar-refractivity contribution >= 4 is 23.4 Å². The zero-order chi connectivity index (χ0) is 9.42. The topological polar surface area (TPSA) is 21.5 Å². The lowest BCUT2D eigenvalue weighted by atomic mass is 10.3. The zero-order valence-electron chi connectivity index (χ0n) is 6.50. The minimum absolute atomic E-state index is 0.314. The minimum Gasteiger partial charge on any atom is -0.296 e. The van der Waals surface area contributed by atoms with E-state index in [2.05, 4.69) is 0 Å². The lowest BCUT2D eigenvalue weighted by Gasteiger charge is -2.00. The predicted octanol–water partition coefficient (Wildman–Crippen LogP) is 2.54. The third-order valence-electron chi connectivity index (χ3n) is 1.86. The number of fused-ring (bicyclic) bond motifs is 1. The zero-order valence-corrected chi connectivity index (χ0v) is 7.25. The first-order valence-electron chi connectivity index (χ1n) is 3.64. The average Bonchev–Trinajstić information content (AvgIpc) is 2.51. The van der Waals surface area contributed by atoms with Gasteiger partial charge in [0.2, 0.25) is 0 Å². The van der Waals surface area contributed by atoms with Crippen LogP contribution in [-0.2, 0) is 0 Å². The molecular weight excluding hydrogens is 193 g/mol. The molecule has 0 spiro atoms. The molecule has 2 rings (SSSR count). The molecule has 0 amide bonds. The number of pyridine rings is 1. The van der Waals surface area contributed by atoms with Crippen LogP contribution in [0.5, 0.6) is 0 Å². The van der Waals surface area contributed by atoms with Crippen molar-refractivity contribution in [3.05, 3.63) is 40.9 Å². The molecule has 0 bridgehead atoms. The van der Waals surface area contributed by atoms with Crippen molar-refractivity contribution in [3.63, 3.8) is 0 Å². The first-order chi connectivity index (χ1) is 6.24. The molecule has 0 saturated heterocycles. The highest BCUT2D eigenvalue weighted by atomic mass is 35.5. The summed E-state index contributed by atoms with van der Waals surface area (Å²) in [5, 5.41) is 0.330.